The van der Waals surface area contributed by atoms with Crippen LogP contribution in [0.15, 0.2) is 29.8 Å². The van der Waals surface area contributed by atoms with Crippen molar-refractivity contribution in [3.63, 3.8) is 0 Å². The van der Waals surface area contributed by atoms with Crippen LogP contribution >= 0.6 is 0 Å². The molecular formula is C17H18F3NO5. The van der Waals surface area contributed by atoms with Gasteiger partial charge in [0.05, 0.1) is 6.61 Å². The van der Waals surface area contributed by atoms with E-state index in [1.165, 1.54) is 23.1 Å². The quantitative estimate of drug-likeness (QED) is 0.776. The molecule has 0 aromatic heterocycles. The van der Waals surface area contributed by atoms with Crippen LogP contribution in [0.5, 0.6) is 11.5 Å². The number of aliphatic carboxylic acids is 1. The molecule has 26 heavy (non-hydrogen) atoms. The standard InChI is InChI=1S/C17H18F3NO5/c1-2-25-14-9-11(3-4-13(14)26-10-15(22)23)16(24)21-7-5-12(6-8-21)17(18,19)20/h3-5,9H,2,6-8,10H2,1H3,(H,22,23). The topological polar surface area (TPSA) is 76.1 Å². The average Bonchev–Trinajstić information content (AvgIpc) is 2.59. The van der Waals surface area contributed by atoms with Crippen molar-refractivity contribution >= 4 is 11.9 Å². The third-order valence-electron chi connectivity index (χ3n) is 3.70. The minimum absolute atomic E-state index is 0.0363. The highest BCUT2D eigenvalue weighted by atomic mass is 19.4. The number of carboxylic acids is 1. The van der Waals surface area contributed by atoms with Gasteiger partial charge in [-0.2, -0.15) is 13.2 Å². The molecule has 1 aromatic rings. The molecule has 0 saturated heterocycles. The molecule has 1 aliphatic rings. The summed E-state index contributed by atoms with van der Waals surface area (Å²) >= 11 is 0. The molecule has 1 aromatic carbocycles. The summed E-state index contributed by atoms with van der Waals surface area (Å²) < 4.78 is 48.4. The van der Waals surface area contributed by atoms with E-state index in [0.717, 1.165) is 6.08 Å². The summed E-state index contributed by atoms with van der Waals surface area (Å²) in [5.74, 6) is -1.23. The summed E-state index contributed by atoms with van der Waals surface area (Å²) in [6.07, 6.45) is -3.62. The minimum atomic E-state index is -4.37. The van der Waals surface area contributed by atoms with Crippen LogP contribution in [0.3, 0.4) is 0 Å². The summed E-state index contributed by atoms with van der Waals surface area (Å²) in [6.45, 7) is 1.25. The molecular weight excluding hydrogens is 355 g/mol. The average molecular weight is 373 g/mol. The van der Waals surface area contributed by atoms with Crippen LogP contribution in [-0.4, -0.2) is 54.4 Å². The van der Waals surface area contributed by atoms with Crippen molar-refractivity contribution in [1.29, 1.82) is 0 Å². The van der Waals surface area contributed by atoms with Crippen molar-refractivity contribution in [2.45, 2.75) is 19.5 Å². The summed E-state index contributed by atoms with van der Waals surface area (Å²) in [5.41, 5.74) is -0.408. The fourth-order valence-electron chi connectivity index (χ4n) is 2.46. The van der Waals surface area contributed by atoms with Crippen LogP contribution < -0.4 is 9.47 Å². The van der Waals surface area contributed by atoms with Gasteiger partial charge in [0, 0.05) is 24.2 Å². The largest absolute Gasteiger partial charge is 0.490 e. The molecule has 0 spiro atoms. The minimum Gasteiger partial charge on any atom is -0.490 e. The van der Waals surface area contributed by atoms with E-state index in [4.69, 9.17) is 14.6 Å². The van der Waals surface area contributed by atoms with E-state index in [1.807, 2.05) is 0 Å². The normalized spacial score (nSPS) is 14.6. The van der Waals surface area contributed by atoms with Crippen LogP contribution in [0, 0.1) is 0 Å². The first-order valence-corrected chi connectivity index (χ1v) is 7.89. The van der Waals surface area contributed by atoms with Gasteiger partial charge in [-0.05, 0) is 31.5 Å². The summed E-state index contributed by atoms with van der Waals surface area (Å²) in [7, 11) is 0. The van der Waals surface area contributed by atoms with Gasteiger partial charge < -0.3 is 19.5 Å². The Kier molecular flexibility index (Phi) is 6.12. The van der Waals surface area contributed by atoms with Gasteiger partial charge in [-0.3, -0.25) is 4.79 Å². The molecule has 0 fully saturated rings. The molecule has 142 valence electrons. The van der Waals surface area contributed by atoms with Gasteiger partial charge in [-0.15, -0.1) is 0 Å². The molecule has 0 aliphatic carbocycles. The first-order chi connectivity index (χ1) is 12.2. The third-order valence-corrected chi connectivity index (χ3v) is 3.70. The van der Waals surface area contributed by atoms with Crippen molar-refractivity contribution in [2.75, 3.05) is 26.3 Å². The van der Waals surface area contributed by atoms with E-state index in [2.05, 4.69) is 0 Å². The molecule has 1 heterocycles. The Balaban J connectivity index is 2.15. The zero-order valence-corrected chi connectivity index (χ0v) is 14.0. The van der Waals surface area contributed by atoms with Gasteiger partial charge in [0.15, 0.2) is 18.1 Å². The summed E-state index contributed by atoms with van der Waals surface area (Å²) in [5, 5.41) is 8.68. The van der Waals surface area contributed by atoms with E-state index < -0.39 is 30.2 Å². The van der Waals surface area contributed by atoms with Crippen LogP contribution in [0.25, 0.3) is 0 Å². The van der Waals surface area contributed by atoms with E-state index >= 15 is 0 Å². The van der Waals surface area contributed by atoms with Gasteiger partial charge in [0.2, 0.25) is 0 Å². The van der Waals surface area contributed by atoms with Gasteiger partial charge >= 0.3 is 12.1 Å². The number of hydrogen-bond acceptors (Lipinski definition) is 4. The number of halogens is 3. The molecule has 1 amide bonds. The lowest BCUT2D eigenvalue weighted by atomic mass is 10.1. The maximum Gasteiger partial charge on any atom is 0.412 e. The molecule has 0 bridgehead atoms. The monoisotopic (exact) mass is 373 g/mol. The van der Waals surface area contributed by atoms with Crippen molar-refractivity contribution in [2.24, 2.45) is 0 Å². The zero-order chi connectivity index (χ0) is 19.3. The maximum absolute atomic E-state index is 12.7. The van der Waals surface area contributed by atoms with Crippen LogP contribution in [-0.2, 0) is 4.79 Å². The van der Waals surface area contributed by atoms with Crippen molar-refractivity contribution in [3.05, 3.63) is 35.4 Å². The Labute approximate surface area is 147 Å². The smallest absolute Gasteiger partial charge is 0.412 e. The summed E-state index contributed by atoms with van der Waals surface area (Å²) in [4.78, 5) is 24.4. The first kappa shape index (κ1) is 19.6. The van der Waals surface area contributed by atoms with Gasteiger partial charge in [0.1, 0.15) is 0 Å². The molecule has 9 heteroatoms. The van der Waals surface area contributed by atoms with E-state index in [9.17, 15) is 22.8 Å². The number of rotatable bonds is 6. The van der Waals surface area contributed by atoms with Crippen LogP contribution in [0.4, 0.5) is 13.2 Å². The Morgan fingerprint density at radius 1 is 1.23 bits per heavy atom. The second-order valence-electron chi connectivity index (χ2n) is 5.51. The lowest BCUT2D eigenvalue weighted by Crippen LogP contribution is -2.36. The molecule has 0 unspecified atom stereocenters. The van der Waals surface area contributed by atoms with Gasteiger partial charge in [-0.25, -0.2) is 4.79 Å². The van der Waals surface area contributed by atoms with E-state index in [-0.39, 0.29) is 43.2 Å². The Bertz CT molecular complexity index is 715. The SMILES string of the molecule is CCOc1cc(C(=O)N2CC=C(C(F)(F)F)CC2)ccc1OCC(=O)O. The Morgan fingerprint density at radius 3 is 2.50 bits per heavy atom. The molecule has 0 atom stereocenters. The first-order valence-electron chi connectivity index (χ1n) is 7.89. The Morgan fingerprint density at radius 2 is 1.96 bits per heavy atom. The zero-order valence-electron chi connectivity index (χ0n) is 14.0. The number of ether oxygens (including phenoxy) is 2. The predicted octanol–water partition coefficient (Wildman–Crippen LogP) is 2.88. The lowest BCUT2D eigenvalue weighted by molar-refractivity contribution is -0.139. The molecule has 0 saturated carbocycles. The second kappa shape index (κ2) is 8.11. The molecule has 1 aliphatic heterocycles. The molecule has 6 nitrogen and oxygen atoms in total. The second-order valence-corrected chi connectivity index (χ2v) is 5.51. The molecule has 0 radical (unpaired) electrons. The fourth-order valence-corrected chi connectivity index (χ4v) is 2.46. The van der Waals surface area contributed by atoms with Crippen molar-refractivity contribution in [1.82, 2.24) is 4.90 Å². The third kappa shape index (κ3) is 4.90. The number of nitrogens with zero attached hydrogens (tertiary/aromatic N) is 1. The number of carbonyl (C=O) groups excluding carboxylic acids is 1. The predicted molar refractivity (Wildman–Crippen MR) is 85.4 cm³/mol. The highest BCUT2D eigenvalue weighted by Crippen LogP contribution is 2.32. The van der Waals surface area contributed by atoms with Crippen LogP contribution in [0.1, 0.15) is 23.7 Å². The van der Waals surface area contributed by atoms with Crippen molar-refractivity contribution in [3.8, 4) is 11.5 Å². The van der Waals surface area contributed by atoms with Gasteiger partial charge in [0.25, 0.3) is 5.91 Å². The molecule has 1 N–H and O–H groups in total. The number of benzene rings is 1. The van der Waals surface area contributed by atoms with Crippen LogP contribution in [0.2, 0.25) is 0 Å². The highest BCUT2D eigenvalue weighted by molar-refractivity contribution is 5.95. The fraction of sp³-hybridized carbons (Fsp3) is 0.412. The lowest BCUT2D eigenvalue weighted by Gasteiger charge is -2.27. The Hall–Kier alpha value is -2.71. The number of hydrogen-bond donors (Lipinski definition) is 1. The van der Waals surface area contributed by atoms with E-state index in [1.54, 1.807) is 6.92 Å². The highest BCUT2D eigenvalue weighted by Gasteiger charge is 2.35. The maximum atomic E-state index is 12.7. The number of carbonyl (C=O) groups is 2. The number of carboxylic acid groups (broad SMARTS) is 1. The van der Waals surface area contributed by atoms with Crippen molar-refractivity contribution < 1.29 is 37.3 Å². The summed E-state index contributed by atoms with van der Waals surface area (Å²) in [6, 6.07) is 4.22. The van der Waals surface area contributed by atoms with Gasteiger partial charge in [-0.1, -0.05) is 6.08 Å². The number of amides is 1. The van der Waals surface area contributed by atoms with E-state index in [0.29, 0.717) is 0 Å². The number of alkyl halides is 3. The molecule has 2 rings (SSSR count).